The highest BCUT2D eigenvalue weighted by atomic mass is 16.5. The van der Waals surface area contributed by atoms with Crippen molar-refractivity contribution in [2.24, 2.45) is 4.99 Å². The van der Waals surface area contributed by atoms with Crippen molar-refractivity contribution < 1.29 is 9.47 Å². The molecule has 7 nitrogen and oxygen atoms in total. The Labute approximate surface area is 185 Å². The first-order chi connectivity index (χ1) is 15.1. The second kappa shape index (κ2) is 11.6. The largest absolute Gasteiger partial charge is 0.490 e. The van der Waals surface area contributed by atoms with Crippen LogP contribution in [0.4, 0.5) is 0 Å². The number of aromatic nitrogens is 1. The number of rotatable bonds is 8. The Kier molecular flexibility index (Phi) is 8.53. The standard InChI is InChI=1S/C24H35N5O2/c1-5-30-21-8-6-7-9-22(21)31-23-11-10-19(16-26-23)17-27-24(25-4)28-20-12-14-29(15-13-20)18(2)3/h6-11,16,18,20H,5,12-15,17H2,1-4H3,(H2,25,27,28). The van der Waals surface area contributed by atoms with Crippen molar-refractivity contribution in [3.8, 4) is 17.4 Å². The van der Waals surface area contributed by atoms with Crippen LogP contribution in [0.1, 0.15) is 39.2 Å². The van der Waals surface area contributed by atoms with E-state index in [9.17, 15) is 0 Å². The fourth-order valence-electron chi connectivity index (χ4n) is 3.63. The molecule has 1 fully saturated rings. The zero-order chi connectivity index (χ0) is 22.1. The molecule has 0 radical (unpaired) electrons. The lowest BCUT2D eigenvalue weighted by Crippen LogP contribution is -2.49. The molecule has 0 aliphatic carbocycles. The van der Waals surface area contributed by atoms with Gasteiger partial charge in [-0.3, -0.25) is 4.99 Å². The predicted molar refractivity (Wildman–Crippen MR) is 125 cm³/mol. The van der Waals surface area contributed by atoms with Gasteiger partial charge in [0.15, 0.2) is 17.5 Å². The summed E-state index contributed by atoms with van der Waals surface area (Å²) in [5, 5.41) is 6.94. The number of aliphatic imine (C=N–C) groups is 1. The van der Waals surface area contributed by atoms with E-state index in [-0.39, 0.29) is 0 Å². The van der Waals surface area contributed by atoms with E-state index in [1.165, 1.54) is 0 Å². The Hall–Kier alpha value is -2.80. The van der Waals surface area contributed by atoms with Crippen molar-refractivity contribution >= 4 is 5.96 Å². The zero-order valence-corrected chi connectivity index (χ0v) is 19.1. The fourth-order valence-corrected chi connectivity index (χ4v) is 3.63. The maximum atomic E-state index is 5.89. The smallest absolute Gasteiger partial charge is 0.219 e. The van der Waals surface area contributed by atoms with E-state index >= 15 is 0 Å². The summed E-state index contributed by atoms with van der Waals surface area (Å²) in [6.45, 7) is 9.97. The maximum absolute atomic E-state index is 5.89. The molecule has 0 amide bonds. The van der Waals surface area contributed by atoms with Crippen molar-refractivity contribution in [3.05, 3.63) is 48.2 Å². The molecule has 0 saturated carbocycles. The molecule has 1 aromatic carbocycles. The minimum absolute atomic E-state index is 0.459. The van der Waals surface area contributed by atoms with Crippen LogP contribution in [0.15, 0.2) is 47.6 Å². The van der Waals surface area contributed by atoms with E-state index in [4.69, 9.17) is 9.47 Å². The molecule has 1 aliphatic rings. The van der Waals surface area contributed by atoms with Crippen LogP contribution in [0, 0.1) is 0 Å². The first-order valence-electron chi connectivity index (χ1n) is 11.1. The van der Waals surface area contributed by atoms with Gasteiger partial charge in [0, 0.05) is 51.0 Å². The molecule has 1 saturated heterocycles. The molecular formula is C24H35N5O2. The van der Waals surface area contributed by atoms with E-state index in [2.05, 4.69) is 39.4 Å². The van der Waals surface area contributed by atoms with E-state index in [0.717, 1.165) is 37.5 Å². The summed E-state index contributed by atoms with van der Waals surface area (Å²) in [7, 11) is 1.81. The number of pyridine rings is 1. The maximum Gasteiger partial charge on any atom is 0.219 e. The van der Waals surface area contributed by atoms with Crippen LogP contribution in [-0.4, -0.2) is 54.7 Å². The second-order valence-electron chi connectivity index (χ2n) is 7.96. The Morgan fingerprint density at radius 3 is 2.52 bits per heavy atom. The molecule has 31 heavy (non-hydrogen) atoms. The molecule has 0 unspecified atom stereocenters. The van der Waals surface area contributed by atoms with Crippen molar-refractivity contribution in [1.82, 2.24) is 20.5 Å². The van der Waals surface area contributed by atoms with Crippen molar-refractivity contribution in [2.45, 2.75) is 52.2 Å². The summed E-state index contributed by atoms with van der Waals surface area (Å²) < 4.78 is 11.5. The van der Waals surface area contributed by atoms with Crippen molar-refractivity contribution in [3.63, 3.8) is 0 Å². The first kappa shape index (κ1) is 22.9. The predicted octanol–water partition coefficient (Wildman–Crippen LogP) is 3.81. The molecular weight excluding hydrogens is 390 g/mol. The highest BCUT2D eigenvalue weighted by Gasteiger charge is 2.21. The third-order valence-electron chi connectivity index (χ3n) is 5.45. The van der Waals surface area contributed by atoms with Crippen LogP contribution < -0.4 is 20.1 Å². The van der Waals surface area contributed by atoms with Gasteiger partial charge >= 0.3 is 0 Å². The SMILES string of the molecule is CCOc1ccccc1Oc1ccc(CNC(=NC)NC2CCN(C(C)C)CC2)cn1. The van der Waals surface area contributed by atoms with Gasteiger partial charge < -0.3 is 25.0 Å². The highest BCUT2D eigenvalue weighted by Crippen LogP contribution is 2.30. The average molecular weight is 426 g/mol. The van der Waals surface area contributed by atoms with Gasteiger partial charge in [0.2, 0.25) is 5.88 Å². The monoisotopic (exact) mass is 425 g/mol. The minimum atomic E-state index is 0.459. The summed E-state index contributed by atoms with van der Waals surface area (Å²) >= 11 is 0. The molecule has 0 spiro atoms. The number of benzene rings is 1. The van der Waals surface area contributed by atoms with Crippen LogP contribution >= 0.6 is 0 Å². The molecule has 2 aromatic rings. The van der Waals surface area contributed by atoms with Gasteiger partial charge in [-0.1, -0.05) is 18.2 Å². The zero-order valence-electron chi connectivity index (χ0n) is 19.1. The van der Waals surface area contributed by atoms with Crippen LogP contribution in [0.3, 0.4) is 0 Å². The summed E-state index contributed by atoms with van der Waals surface area (Å²) in [6.07, 6.45) is 4.09. The number of ether oxygens (including phenoxy) is 2. The molecule has 1 aliphatic heterocycles. The average Bonchev–Trinajstić information content (AvgIpc) is 2.79. The normalized spacial score (nSPS) is 15.7. The Balaban J connectivity index is 1.48. The summed E-state index contributed by atoms with van der Waals surface area (Å²) in [6, 6.07) is 12.6. The van der Waals surface area contributed by atoms with E-state index in [1.807, 2.05) is 56.6 Å². The van der Waals surface area contributed by atoms with Gasteiger partial charge in [-0.15, -0.1) is 0 Å². The number of likely N-dealkylation sites (tertiary alicyclic amines) is 1. The number of nitrogens with one attached hydrogen (secondary N) is 2. The third-order valence-corrected chi connectivity index (χ3v) is 5.45. The number of piperidine rings is 1. The minimum Gasteiger partial charge on any atom is -0.490 e. The molecule has 2 N–H and O–H groups in total. The molecule has 2 heterocycles. The van der Waals surface area contributed by atoms with Gasteiger partial charge in [0.25, 0.3) is 0 Å². The van der Waals surface area contributed by atoms with Crippen LogP contribution in [-0.2, 0) is 6.54 Å². The first-order valence-corrected chi connectivity index (χ1v) is 11.1. The molecule has 7 heteroatoms. The van der Waals surface area contributed by atoms with Gasteiger partial charge in [-0.05, 0) is 51.3 Å². The van der Waals surface area contributed by atoms with E-state index in [1.54, 1.807) is 0 Å². The Morgan fingerprint density at radius 2 is 1.90 bits per heavy atom. The Bertz CT molecular complexity index is 830. The molecule has 168 valence electrons. The lowest BCUT2D eigenvalue weighted by molar-refractivity contribution is 0.167. The number of guanidine groups is 1. The number of hydrogen-bond acceptors (Lipinski definition) is 5. The molecule has 0 atom stereocenters. The van der Waals surface area contributed by atoms with Crippen LogP contribution in [0.25, 0.3) is 0 Å². The number of para-hydroxylation sites is 2. The molecule has 1 aromatic heterocycles. The van der Waals surface area contributed by atoms with Gasteiger partial charge in [0.1, 0.15) is 0 Å². The second-order valence-corrected chi connectivity index (χ2v) is 7.96. The number of hydrogen-bond donors (Lipinski definition) is 2. The lowest BCUT2D eigenvalue weighted by Gasteiger charge is -2.35. The highest BCUT2D eigenvalue weighted by molar-refractivity contribution is 5.79. The van der Waals surface area contributed by atoms with Crippen LogP contribution in [0.2, 0.25) is 0 Å². The van der Waals surface area contributed by atoms with E-state index in [0.29, 0.717) is 42.6 Å². The lowest BCUT2D eigenvalue weighted by atomic mass is 10.0. The van der Waals surface area contributed by atoms with E-state index < -0.39 is 0 Å². The number of nitrogens with zero attached hydrogens (tertiary/aromatic N) is 3. The van der Waals surface area contributed by atoms with Gasteiger partial charge in [-0.25, -0.2) is 4.98 Å². The van der Waals surface area contributed by atoms with Crippen molar-refractivity contribution in [2.75, 3.05) is 26.7 Å². The summed E-state index contributed by atoms with van der Waals surface area (Å²) in [5.41, 5.74) is 1.06. The molecule has 0 bridgehead atoms. The Morgan fingerprint density at radius 1 is 1.16 bits per heavy atom. The topological polar surface area (TPSA) is 71.0 Å². The van der Waals surface area contributed by atoms with Crippen LogP contribution in [0.5, 0.6) is 17.4 Å². The molecule has 3 rings (SSSR count). The third kappa shape index (κ3) is 6.85. The van der Waals surface area contributed by atoms with Crippen molar-refractivity contribution in [1.29, 1.82) is 0 Å². The summed E-state index contributed by atoms with van der Waals surface area (Å²) in [4.78, 5) is 11.3. The summed E-state index contributed by atoms with van der Waals surface area (Å²) in [5.74, 6) is 2.74. The quantitative estimate of drug-likeness (QED) is 0.495. The fraction of sp³-hybridized carbons (Fsp3) is 0.500. The van der Waals surface area contributed by atoms with Gasteiger partial charge in [-0.2, -0.15) is 0 Å². The van der Waals surface area contributed by atoms with Gasteiger partial charge in [0.05, 0.1) is 6.61 Å².